The SMILES string of the molecule is NC(=O)C(NC(=O)C1CCNC1)c1cccc(Br)c1. The summed E-state index contributed by atoms with van der Waals surface area (Å²) in [4.78, 5) is 23.6. The molecule has 2 amide bonds. The topological polar surface area (TPSA) is 84.2 Å². The molecule has 1 aromatic carbocycles. The van der Waals surface area contributed by atoms with Crippen LogP contribution in [-0.4, -0.2) is 24.9 Å². The Morgan fingerprint density at radius 1 is 1.47 bits per heavy atom. The van der Waals surface area contributed by atoms with Crippen LogP contribution < -0.4 is 16.4 Å². The summed E-state index contributed by atoms with van der Waals surface area (Å²) in [5.74, 6) is -0.778. The highest BCUT2D eigenvalue weighted by atomic mass is 79.9. The number of carbonyl (C=O) groups is 2. The molecule has 0 aromatic heterocycles. The minimum absolute atomic E-state index is 0.0889. The molecule has 0 radical (unpaired) electrons. The number of amides is 2. The summed E-state index contributed by atoms with van der Waals surface area (Å²) in [6.45, 7) is 1.48. The van der Waals surface area contributed by atoms with Gasteiger partial charge in [-0.2, -0.15) is 0 Å². The maximum absolute atomic E-state index is 12.0. The molecular weight excluding hydrogens is 310 g/mol. The van der Waals surface area contributed by atoms with Gasteiger partial charge in [0.1, 0.15) is 6.04 Å². The summed E-state index contributed by atoms with van der Waals surface area (Å²) in [6, 6.07) is 6.42. The lowest BCUT2D eigenvalue weighted by Crippen LogP contribution is -2.41. The molecule has 1 aliphatic rings. The van der Waals surface area contributed by atoms with Crippen molar-refractivity contribution in [3.05, 3.63) is 34.3 Å². The molecule has 1 fully saturated rings. The Morgan fingerprint density at radius 2 is 2.26 bits per heavy atom. The molecule has 2 rings (SSSR count). The molecule has 1 saturated heterocycles. The van der Waals surface area contributed by atoms with E-state index >= 15 is 0 Å². The highest BCUT2D eigenvalue weighted by Crippen LogP contribution is 2.19. The number of hydrogen-bond acceptors (Lipinski definition) is 3. The van der Waals surface area contributed by atoms with E-state index in [1.54, 1.807) is 18.2 Å². The maximum Gasteiger partial charge on any atom is 0.244 e. The van der Waals surface area contributed by atoms with Crippen LogP contribution in [0.2, 0.25) is 0 Å². The third kappa shape index (κ3) is 3.54. The minimum atomic E-state index is -0.786. The first-order valence-corrected chi connectivity index (χ1v) is 6.93. The Labute approximate surface area is 120 Å². The second-order valence-corrected chi connectivity index (χ2v) is 5.50. The van der Waals surface area contributed by atoms with Gasteiger partial charge in [-0.05, 0) is 30.7 Å². The Bertz CT molecular complexity index is 487. The van der Waals surface area contributed by atoms with Crippen LogP contribution in [0.4, 0.5) is 0 Å². The van der Waals surface area contributed by atoms with Gasteiger partial charge >= 0.3 is 0 Å². The van der Waals surface area contributed by atoms with E-state index in [9.17, 15) is 9.59 Å². The van der Waals surface area contributed by atoms with Gasteiger partial charge in [-0.1, -0.05) is 28.1 Å². The maximum atomic E-state index is 12.0. The van der Waals surface area contributed by atoms with Gasteiger partial charge in [-0.3, -0.25) is 9.59 Å². The van der Waals surface area contributed by atoms with Crippen molar-refractivity contribution in [1.82, 2.24) is 10.6 Å². The summed E-state index contributed by atoms with van der Waals surface area (Å²) in [5, 5.41) is 5.85. The third-order valence-electron chi connectivity index (χ3n) is 3.18. The lowest BCUT2D eigenvalue weighted by molar-refractivity contribution is -0.129. The van der Waals surface area contributed by atoms with Crippen molar-refractivity contribution in [3.63, 3.8) is 0 Å². The number of rotatable bonds is 4. The second-order valence-electron chi connectivity index (χ2n) is 4.59. The number of nitrogens with two attached hydrogens (primary N) is 1. The summed E-state index contributed by atoms with van der Waals surface area (Å²) >= 11 is 3.34. The van der Waals surface area contributed by atoms with Crippen molar-refractivity contribution >= 4 is 27.7 Å². The smallest absolute Gasteiger partial charge is 0.244 e. The molecule has 19 heavy (non-hydrogen) atoms. The molecule has 0 saturated carbocycles. The molecule has 6 heteroatoms. The number of nitrogens with one attached hydrogen (secondary N) is 2. The summed E-state index contributed by atoms with van der Waals surface area (Å²) in [7, 11) is 0. The third-order valence-corrected chi connectivity index (χ3v) is 3.68. The van der Waals surface area contributed by atoms with Gasteiger partial charge in [0.2, 0.25) is 11.8 Å². The minimum Gasteiger partial charge on any atom is -0.368 e. The van der Waals surface area contributed by atoms with Crippen molar-refractivity contribution < 1.29 is 9.59 Å². The number of primary amides is 1. The zero-order valence-corrected chi connectivity index (χ0v) is 11.9. The van der Waals surface area contributed by atoms with E-state index in [1.165, 1.54) is 0 Å². The van der Waals surface area contributed by atoms with E-state index in [1.807, 2.05) is 6.07 Å². The average Bonchev–Trinajstić information content (AvgIpc) is 2.89. The van der Waals surface area contributed by atoms with E-state index in [2.05, 4.69) is 26.6 Å². The molecular formula is C13H16BrN3O2. The molecule has 5 nitrogen and oxygen atoms in total. The first kappa shape index (κ1) is 14.0. The highest BCUT2D eigenvalue weighted by molar-refractivity contribution is 9.10. The molecule has 1 aromatic rings. The van der Waals surface area contributed by atoms with E-state index in [4.69, 9.17) is 5.73 Å². The van der Waals surface area contributed by atoms with E-state index in [-0.39, 0.29) is 11.8 Å². The van der Waals surface area contributed by atoms with Gasteiger partial charge in [-0.15, -0.1) is 0 Å². The molecule has 1 aliphatic heterocycles. The number of hydrogen-bond donors (Lipinski definition) is 3. The Balaban J connectivity index is 2.12. The fourth-order valence-corrected chi connectivity index (χ4v) is 2.56. The van der Waals surface area contributed by atoms with Crippen molar-refractivity contribution in [1.29, 1.82) is 0 Å². The summed E-state index contributed by atoms with van der Waals surface area (Å²) in [6.07, 6.45) is 0.787. The molecule has 0 bridgehead atoms. The molecule has 2 atom stereocenters. The summed E-state index contributed by atoms with van der Waals surface area (Å²) in [5.41, 5.74) is 6.06. The number of halogens is 1. The molecule has 2 unspecified atom stereocenters. The van der Waals surface area contributed by atoms with Gasteiger partial charge in [-0.25, -0.2) is 0 Å². The zero-order chi connectivity index (χ0) is 13.8. The first-order valence-electron chi connectivity index (χ1n) is 6.14. The van der Waals surface area contributed by atoms with Gasteiger partial charge in [0, 0.05) is 11.0 Å². The van der Waals surface area contributed by atoms with E-state index in [0.717, 1.165) is 17.4 Å². The lowest BCUT2D eigenvalue weighted by Gasteiger charge is -2.18. The van der Waals surface area contributed by atoms with E-state index < -0.39 is 11.9 Å². The van der Waals surface area contributed by atoms with Crippen molar-refractivity contribution in [2.45, 2.75) is 12.5 Å². The average molecular weight is 326 g/mol. The predicted molar refractivity (Wildman–Crippen MR) is 75.2 cm³/mol. The van der Waals surface area contributed by atoms with Crippen LogP contribution in [0.1, 0.15) is 18.0 Å². The van der Waals surface area contributed by atoms with Crippen LogP contribution >= 0.6 is 15.9 Å². The van der Waals surface area contributed by atoms with Crippen LogP contribution in [0.3, 0.4) is 0 Å². The van der Waals surface area contributed by atoms with Gasteiger partial charge in [0.15, 0.2) is 0 Å². The van der Waals surface area contributed by atoms with Crippen molar-refractivity contribution in [2.24, 2.45) is 11.7 Å². The normalized spacial score (nSPS) is 19.9. The van der Waals surface area contributed by atoms with Crippen LogP contribution in [0, 0.1) is 5.92 Å². The molecule has 0 spiro atoms. The second kappa shape index (κ2) is 6.16. The molecule has 0 aliphatic carbocycles. The van der Waals surface area contributed by atoms with Crippen LogP contribution in [-0.2, 0) is 9.59 Å². The zero-order valence-electron chi connectivity index (χ0n) is 10.4. The first-order chi connectivity index (χ1) is 9.08. The Hall–Kier alpha value is -1.40. The fraction of sp³-hybridized carbons (Fsp3) is 0.385. The monoisotopic (exact) mass is 325 g/mol. The largest absolute Gasteiger partial charge is 0.368 e. The molecule has 4 N–H and O–H groups in total. The van der Waals surface area contributed by atoms with Crippen molar-refractivity contribution in [2.75, 3.05) is 13.1 Å². The van der Waals surface area contributed by atoms with E-state index in [0.29, 0.717) is 12.1 Å². The Kier molecular flexibility index (Phi) is 4.55. The quantitative estimate of drug-likeness (QED) is 0.762. The number of carbonyl (C=O) groups excluding carboxylic acids is 2. The lowest BCUT2D eigenvalue weighted by atomic mass is 10.0. The predicted octanol–water partition coefficient (Wildman–Crippen LogP) is 0.701. The van der Waals surface area contributed by atoms with Crippen LogP contribution in [0.15, 0.2) is 28.7 Å². The van der Waals surface area contributed by atoms with Gasteiger partial charge in [0.25, 0.3) is 0 Å². The summed E-state index contributed by atoms with van der Waals surface area (Å²) < 4.78 is 0.841. The van der Waals surface area contributed by atoms with Gasteiger partial charge in [0.05, 0.1) is 5.92 Å². The van der Waals surface area contributed by atoms with Crippen molar-refractivity contribution in [3.8, 4) is 0 Å². The molecule has 102 valence electrons. The van der Waals surface area contributed by atoms with Crippen LogP contribution in [0.5, 0.6) is 0 Å². The van der Waals surface area contributed by atoms with Crippen LogP contribution in [0.25, 0.3) is 0 Å². The molecule has 1 heterocycles. The standard InChI is InChI=1S/C13H16BrN3O2/c14-10-3-1-2-8(6-10)11(12(15)18)17-13(19)9-4-5-16-7-9/h1-3,6,9,11,16H,4-5,7H2,(H2,15,18)(H,17,19). The highest BCUT2D eigenvalue weighted by Gasteiger charge is 2.27. The van der Waals surface area contributed by atoms with Gasteiger partial charge < -0.3 is 16.4 Å². The number of benzene rings is 1. The Morgan fingerprint density at radius 3 is 2.84 bits per heavy atom. The fourth-order valence-electron chi connectivity index (χ4n) is 2.14.